The van der Waals surface area contributed by atoms with Crippen LogP contribution < -0.4 is 0 Å². The molecule has 0 spiro atoms. The Kier molecular flexibility index (Phi) is 7.24. The Hall–Kier alpha value is -0.160. The van der Waals surface area contributed by atoms with Crippen molar-refractivity contribution >= 4 is 0 Å². The van der Waals surface area contributed by atoms with E-state index in [9.17, 15) is 5.11 Å². The van der Waals surface area contributed by atoms with Crippen LogP contribution in [0.4, 0.5) is 0 Å². The third-order valence-electron chi connectivity index (χ3n) is 2.75. The molecule has 0 saturated carbocycles. The van der Waals surface area contributed by atoms with E-state index in [4.69, 9.17) is 14.6 Å². The number of aliphatic hydroxyl groups is 2. The van der Waals surface area contributed by atoms with Crippen molar-refractivity contribution in [2.75, 3.05) is 19.8 Å². The fourth-order valence-electron chi connectivity index (χ4n) is 1.27. The molecule has 0 fully saturated rings. The van der Waals surface area contributed by atoms with Gasteiger partial charge < -0.3 is 19.7 Å². The highest BCUT2D eigenvalue weighted by atomic mass is 16.5. The van der Waals surface area contributed by atoms with Crippen LogP contribution in [-0.2, 0) is 9.47 Å². The lowest BCUT2D eigenvalue weighted by atomic mass is 9.99. The Morgan fingerprint density at radius 2 is 1.71 bits per heavy atom. The molecule has 4 heteroatoms. The first-order valence-electron chi connectivity index (χ1n) is 6.29. The molecular formula is C13H28O4. The van der Waals surface area contributed by atoms with E-state index in [0.717, 1.165) is 12.8 Å². The Morgan fingerprint density at radius 1 is 1.12 bits per heavy atom. The van der Waals surface area contributed by atoms with Gasteiger partial charge >= 0.3 is 0 Å². The van der Waals surface area contributed by atoms with Crippen molar-refractivity contribution in [2.24, 2.45) is 0 Å². The van der Waals surface area contributed by atoms with Crippen LogP contribution in [0.25, 0.3) is 0 Å². The summed E-state index contributed by atoms with van der Waals surface area (Å²) >= 11 is 0. The largest absolute Gasteiger partial charge is 0.394 e. The Morgan fingerprint density at radius 3 is 2.12 bits per heavy atom. The molecule has 0 aliphatic heterocycles. The van der Waals surface area contributed by atoms with E-state index in [2.05, 4.69) is 0 Å². The molecule has 0 saturated heterocycles. The van der Waals surface area contributed by atoms with Crippen molar-refractivity contribution in [3.63, 3.8) is 0 Å². The summed E-state index contributed by atoms with van der Waals surface area (Å²) in [4.78, 5) is 0. The van der Waals surface area contributed by atoms with Gasteiger partial charge in [0, 0.05) is 0 Å². The smallest absolute Gasteiger partial charge is 0.100 e. The molecule has 0 aromatic rings. The summed E-state index contributed by atoms with van der Waals surface area (Å²) in [5, 5.41) is 18.0. The molecule has 2 N–H and O–H groups in total. The van der Waals surface area contributed by atoms with Crippen LogP contribution in [0.1, 0.15) is 47.5 Å². The molecule has 0 aliphatic carbocycles. The van der Waals surface area contributed by atoms with Crippen LogP contribution in [0.2, 0.25) is 0 Å². The Labute approximate surface area is 105 Å². The van der Waals surface area contributed by atoms with Crippen molar-refractivity contribution in [1.29, 1.82) is 0 Å². The molecule has 104 valence electrons. The highest BCUT2D eigenvalue weighted by Crippen LogP contribution is 2.21. The van der Waals surface area contributed by atoms with Gasteiger partial charge in [0.05, 0.1) is 31.0 Å². The van der Waals surface area contributed by atoms with Crippen LogP contribution in [0.5, 0.6) is 0 Å². The normalized spacial score (nSPS) is 17.8. The van der Waals surface area contributed by atoms with Crippen LogP contribution in [0.3, 0.4) is 0 Å². The van der Waals surface area contributed by atoms with Crippen molar-refractivity contribution in [1.82, 2.24) is 0 Å². The van der Waals surface area contributed by atoms with E-state index in [0.29, 0.717) is 6.61 Å². The minimum atomic E-state index is -0.801. The van der Waals surface area contributed by atoms with E-state index in [1.54, 1.807) is 0 Å². The molecule has 2 atom stereocenters. The molecular weight excluding hydrogens is 220 g/mol. The zero-order valence-electron chi connectivity index (χ0n) is 11.8. The van der Waals surface area contributed by atoms with Crippen molar-refractivity contribution in [3.05, 3.63) is 0 Å². The van der Waals surface area contributed by atoms with Gasteiger partial charge in [-0.3, -0.25) is 0 Å². The fraction of sp³-hybridized carbons (Fsp3) is 1.00. The summed E-state index contributed by atoms with van der Waals surface area (Å²) in [5.41, 5.74) is -0.444. The van der Waals surface area contributed by atoms with Gasteiger partial charge in [-0.15, -0.1) is 0 Å². The minimum absolute atomic E-state index is 0.140. The van der Waals surface area contributed by atoms with Gasteiger partial charge in [0.15, 0.2) is 0 Å². The minimum Gasteiger partial charge on any atom is -0.394 e. The summed E-state index contributed by atoms with van der Waals surface area (Å²) in [6.45, 7) is 10.6. The van der Waals surface area contributed by atoms with Gasteiger partial charge in [-0.05, 0) is 40.5 Å². The summed E-state index contributed by atoms with van der Waals surface area (Å²) in [6.07, 6.45) is 0.821. The molecule has 0 aromatic heterocycles. The number of hydrogen-bond acceptors (Lipinski definition) is 4. The van der Waals surface area contributed by atoms with Gasteiger partial charge in [-0.25, -0.2) is 0 Å². The quantitative estimate of drug-likeness (QED) is 0.687. The van der Waals surface area contributed by atoms with Crippen LogP contribution >= 0.6 is 0 Å². The maximum Gasteiger partial charge on any atom is 0.100 e. The molecule has 0 bridgehead atoms. The number of aliphatic hydroxyl groups excluding tert-OH is 2. The van der Waals surface area contributed by atoms with Crippen molar-refractivity contribution in [3.8, 4) is 0 Å². The summed E-state index contributed by atoms with van der Waals surface area (Å²) in [5.74, 6) is 0. The third-order valence-corrected chi connectivity index (χ3v) is 2.75. The summed E-state index contributed by atoms with van der Waals surface area (Å²) in [7, 11) is 0. The first-order valence-corrected chi connectivity index (χ1v) is 6.29. The molecule has 0 aliphatic rings. The lowest BCUT2D eigenvalue weighted by Gasteiger charge is -2.31. The second-order valence-corrected chi connectivity index (χ2v) is 5.66. The number of rotatable bonds is 8. The number of ether oxygens (including phenoxy) is 2. The van der Waals surface area contributed by atoms with E-state index in [1.165, 1.54) is 0 Å². The van der Waals surface area contributed by atoms with E-state index < -0.39 is 6.10 Å². The first-order chi connectivity index (χ1) is 7.72. The van der Waals surface area contributed by atoms with Crippen LogP contribution in [0, 0.1) is 0 Å². The average Bonchev–Trinajstić information content (AvgIpc) is 2.24. The molecule has 0 aromatic carbocycles. The second kappa shape index (κ2) is 7.31. The fourth-order valence-corrected chi connectivity index (χ4v) is 1.27. The zero-order chi connectivity index (χ0) is 13.5. The second-order valence-electron chi connectivity index (χ2n) is 5.66. The molecule has 0 heterocycles. The van der Waals surface area contributed by atoms with Crippen LogP contribution in [-0.4, -0.2) is 47.3 Å². The van der Waals surface area contributed by atoms with Gasteiger partial charge in [-0.1, -0.05) is 6.92 Å². The summed E-state index contributed by atoms with van der Waals surface area (Å²) in [6, 6.07) is 0. The average molecular weight is 248 g/mol. The molecule has 0 rings (SSSR count). The molecule has 0 radical (unpaired) electrons. The zero-order valence-corrected chi connectivity index (χ0v) is 11.8. The highest BCUT2D eigenvalue weighted by molar-refractivity contribution is 4.74. The Bertz CT molecular complexity index is 200. The van der Waals surface area contributed by atoms with Gasteiger partial charge in [0.1, 0.15) is 6.10 Å². The standard InChI is InChI=1S/C13H28O4/c1-6-13(5,17-10-11(15)9-14)7-8-16-12(2,3)4/h11,14-15H,6-10H2,1-5H3. The maximum absolute atomic E-state index is 9.27. The van der Waals surface area contributed by atoms with Gasteiger partial charge in [-0.2, -0.15) is 0 Å². The lowest BCUT2D eigenvalue weighted by Crippen LogP contribution is -2.35. The van der Waals surface area contributed by atoms with E-state index in [-0.39, 0.29) is 24.4 Å². The predicted molar refractivity (Wildman–Crippen MR) is 68.1 cm³/mol. The third kappa shape index (κ3) is 8.55. The number of hydrogen-bond donors (Lipinski definition) is 2. The SMILES string of the molecule is CCC(C)(CCOC(C)(C)C)OCC(O)CO. The van der Waals surface area contributed by atoms with Gasteiger partial charge in [0.25, 0.3) is 0 Å². The van der Waals surface area contributed by atoms with Crippen molar-refractivity contribution in [2.45, 2.75) is 64.8 Å². The molecule has 0 amide bonds. The monoisotopic (exact) mass is 248 g/mol. The predicted octanol–water partition coefficient (Wildman–Crippen LogP) is 1.73. The maximum atomic E-state index is 9.27. The van der Waals surface area contributed by atoms with Crippen LogP contribution in [0.15, 0.2) is 0 Å². The topological polar surface area (TPSA) is 58.9 Å². The molecule has 2 unspecified atom stereocenters. The van der Waals surface area contributed by atoms with E-state index in [1.807, 2.05) is 34.6 Å². The molecule has 4 nitrogen and oxygen atoms in total. The highest BCUT2D eigenvalue weighted by Gasteiger charge is 2.24. The molecule has 17 heavy (non-hydrogen) atoms. The summed E-state index contributed by atoms with van der Waals surface area (Å²) < 4.78 is 11.3. The van der Waals surface area contributed by atoms with Gasteiger partial charge in [0.2, 0.25) is 0 Å². The first kappa shape index (κ1) is 16.8. The Balaban J connectivity index is 4.01. The van der Waals surface area contributed by atoms with Crippen molar-refractivity contribution < 1.29 is 19.7 Å². The van der Waals surface area contributed by atoms with E-state index >= 15 is 0 Å². The lowest BCUT2D eigenvalue weighted by molar-refractivity contribution is -0.104.